The van der Waals surface area contributed by atoms with Crippen LogP contribution in [0.25, 0.3) is 32.7 Å². The van der Waals surface area contributed by atoms with Crippen LogP contribution in [0.1, 0.15) is 6.92 Å². The molecule has 2 amide bonds. The lowest BCUT2D eigenvalue weighted by molar-refractivity contribution is 0.252. The predicted octanol–water partition coefficient (Wildman–Crippen LogP) is 3.89. The van der Waals surface area contributed by atoms with E-state index >= 15 is 0 Å². The summed E-state index contributed by atoms with van der Waals surface area (Å²) in [4.78, 5) is 28.1. The van der Waals surface area contributed by atoms with E-state index < -0.39 is 0 Å². The van der Waals surface area contributed by atoms with Gasteiger partial charge in [0.15, 0.2) is 0 Å². The lowest BCUT2D eigenvalue weighted by atomic mass is 10.0. The molecule has 3 heterocycles. The Kier molecular flexibility index (Phi) is 4.32. The van der Waals surface area contributed by atoms with E-state index in [-0.39, 0.29) is 6.03 Å². The molecule has 0 bridgehead atoms. The van der Waals surface area contributed by atoms with Crippen LogP contribution < -0.4 is 10.6 Å². The van der Waals surface area contributed by atoms with E-state index in [9.17, 15) is 4.79 Å². The normalized spacial score (nSPS) is 10.8. The highest BCUT2D eigenvalue weighted by Crippen LogP contribution is 2.34. The minimum Gasteiger partial charge on any atom is -0.338 e. The fourth-order valence-electron chi connectivity index (χ4n) is 2.71. The third kappa shape index (κ3) is 3.14. The van der Waals surface area contributed by atoms with E-state index in [1.165, 1.54) is 0 Å². The van der Waals surface area contributed by atoms with Gasteiger partial charge in [-0.25, -0.2) is 14.8 Å². The number of imidazole rings is 1. The van der Waals surface area contributed by atoms with Gasteiger partial charge in [-0.15, -0.1) is 11.3 Å². The SMILES string of the molecule is CCNC(=O)Nc1nc2cc(-c3cccnc3)cc(-c3nccs3)c2[nH]1. The van der Waals surface area contributed by atoms with E-state index in [0.29, 0.717) is 12.5 Å². The Balaban J connectivity index is 1.85. The number of pyridine rings is 1. The van der Waals surface area contributed by atoms with Gasteiger partial charge >= 0.3 is 6.03 Å². The lowest BCUT2D eigenvalue weighted by Gasteiger charge is -2.05. The van der Waals surface area contributed by atoms with Crippen LogP contribution in [0.2, 0.25) is 0 Å². The smallest absolute Gasteiger partial charge is 0.321 e. The molecule has 0 aliphatic heterocycles. The van der Waals surface area contributed by atoms with Gasteiger partial charge in [0.25, 0.3) is 0 Å². The number of anilines is 1. The highest BCUT2D eigenvalue weighted by atomic mass is 32.1. The Bertz CT molecular complexity index is 1040. The van der Waals surface area contributed by atoms with Crippen LogP contribution in [0.15, 0.2) is 48.2 Å². The van der Waals surface area contributed by atoms with Crippen molar-refractivity contribution >= 4 is 34.3 Å². The molecule has 26 heavy (non-hydrogen) atoms. The maximum Gasteiger partial charge on any atom is 0.321 e. The lowest BCUT2D eigenvalue weighted by Crippen LogP contribution is -2.28. The standard InChI is InChI=1S/C18H16N6OS/c1-2-20-18(25)24-17-22-14-9-12(11-4-3-5-19-10-11)8-13(15(14)23-17)16-21-6-7-26-16/h3-10H,2H2,1H3,(H3,20,22,23,24,25). The number of nitrogens with zero attached hydrogens (tertiary/aromatic N) is 3. The summed E-state index contributed by atoms with van der Waals surface area (Å²) in [5.41, 5.74) is 4.51. The number of hydrogen-bond acceptors (Lipinski definition) is 5. The minimum absolute atomic E-state index is 0.296. The van der Waals surface area contributed by atoms with Crippen LogP contribution in [0.4, 0.5) is 10.7 Å². The fourth-order valence-corrected chi connectivity index (χ4v) is 3.37. The van der Waals surface area contributed by atoms with E-state index in [2.05, 4.69) is 36.6 Å². The summed E-state index contributed by atoms with van der Waals surface area (Å²) in [7, 11) is 0. The van der Waals surface area contributed by atoms with E-state index in [0.717, 1.165) is 32.7 Å². The van der Waals surface area contributed by atoms with Crippen LogP contribution in [-0.2, 0) is 0 Å². The number of hydrogen-bond donors (Lipinski definition) is 3. The molecule has 3 N–H and O–H groups in total. The second-order valence-corrected chi connectivity index (χ2v) is 6.46. The molecule has 0 unspecified atom stereocenters. The fraction of sp³-hybridized carbons (Fsp3) is 0.111. The first kappa shape index (κ1) is 16.2. The van der Waals surface area contributed by atoms with Gasteiger partial charge in [0.05, 0.1) is 11.0 Å². The first-order valence-electron chi connectivity index (χ1n) is 8.13. The number of carbonyl (C=O) groups excluding carboxylic acids is 1. The Labute approximate surface area is 153 Å². The maximum atomic E-state index is 11.8. The number of aromatic amines is 1. The molecule has 0 saturated heterocycles. The summed E-state index contributed by atoms with van der Waals surface area (Å²) in [5, 5.41) is 8.22. The summed E-state index contributed by atoms with van der Waals surface area (Å²) in [6, 6.07) is 7.64. The monoisotopic (exact) mass is 364 g/mol. The Hall–Kier alpha value is -3.26. The van der Waals surface area contributed by atoms with Gasteiger partial charge in [-0.05, 0) is 30.7 Å². The highest BCUT2D eigenvalue weighted by molar-refractivity contribution is 7.13. The number of rotatable bonds is 4. The third-order valence-corrected chi connectivity index (χ3v) is 4.63. The summed E-state index contributed by atoms with van der Waals surface area (Å²) in [6.07, 6.45) is 5.33. The van der Waals surface area contributed by atoms with Crippen molar-refractivity contribution in [3.05, 3.63) is 48.2 Å². The van der Waals surface area contributed by atoms with Gasteiger partial charge in [-0.3, -0.25) is 10.3 Å². The predicted molar refractivity (Wildman–Crippen MR) is 103 cm³/mol. The Morgan fingerprint density at radius 2 is 2.19 bits per heavy atom. The molecule has 0 spiro atoms. The first-order valence-corrected chi connectivity index (χ1v) is 9.01. The number of aromatic nitrogens is 4. The molecule has 7 nitrogen and oxygen atoms in total. The van der Waals surface area contributed by atoms with Crippen molar-refractivity contribution in [2.75, 3.05) is 11.9 Å². The number of amides is 2. The van der Waals surface area contributed by atoms with Crippen LogP contribution in [-0.4, -0.2) is 32.5 Å². The average molecular weight is 364 g/mol. The summed E-state index contributed by atoms with van der Waals surface area (Å²) in [6.45, 7) is 2.40. The Morgan fingerprint density at radius 3 is 2.92 bits per heavy atom. The molecule has 0 radical (unpaired) electrons. The van der Waals surface area contributed by atoms with Crippen molar-refractivity contribution in [3.8, 4) is 21.7 Å². The van der Waals surface area contributed by atoms with Gasteiger partial charge in [0.2, 0.25) is 5.95 Å². The van der Waals surface area contributed by atoms with Crippen molar-refractivity contribution < 1.29 is 4.79 Å². The average Bonchev–Trinajstić information content (AvgIpc) is 3.31. The zero-order valence-electron chi connectivity index (χ0n) is 14.0. The van der Waals surface area contributed by atoms with Gasteiger partial charge < -0.3 is 10.3 Å². The Morgan fingerprint density at radius 1 is 1.27 bits per heavy atom. The van der Waals surface area contributed by atoms with Crippen LogP contribution >= 0.6 is 11.3 Å². The largest absolute Gasteiger partial charge is 0.338 e. The molecule has 0 atom stereocenters. The van der Waals surface area contributed by atoms with E-state index in [1.807, 2.05) is 36.7 Å². The first-order chi connectivity index (χ1) is 12.7. The van der Waals surface area contributed by atoms with Crippen LogP contribution in [0.3, 0.4) is 0 Å². The quantitative estimate of drug-likeness (QED) is 0.512. The summed E-state index contributed by atoms with van der Waals surface area (Å²) in [5.74, 6) is 0.395. The van der Waals surface area contributed by atoms with Crippen molar-refractivity contribution in [3.63, 3.8) is 0 Å². The molecule has 0 fully saturated rings. The molecule has 1 aromatic carbocycles. The number of fused-ring (bicyclic) bond motifs is 1. The number of benzene rings is 1. The molecular formula is C18H16N6OS. The van der Waals surface area contributed by atoms with Crippen molar-refractivity contribution in [1.82, 2.24) is 25.3 Å². The molecule has 0 saturated carbocycles. The number of H-pyrrole nitrogens is 1. The molecule has 3 aromatic heterocycles. The van der Waals surface area contributed by atoms with Crippen LogP contribution in [0, 0.1) is 0 Å². The zero-order chi connectivity index (χ0) is 17.9. The number of carbonyl (C=O) groups is 1. The van der Waals surface area contributed by atoms with Crippen molar-refractivity contribution in [2.24, 2.45) is 0 Å². The van der Waals surface area contributed by atoms with Crippen molar-refractivity contribution in [2.45, 2.75) is 6.92 Å². The number of urea groups is 1. The molecular weight excluding hydrogens is 348 g/mol. The molecule has 0 aliphatic rings. The topological polar surface area (TPSA) is 95.6 Å². The van der Waals surface area contributed by atoms with Gasteiger partial charge in [0.1, 0.15) is 5.01 Å². The minimum atomic E-state index is -0.296. The maximum absolute atomic E-state index is 11.8. The van der Waals surface area contributed by atoms with E-state index in [1.54, 1.807) is 23.7 Å². The zero-order valence-corrected chi connectivity index (χ0v) is 14.8. The second kappa shape index (κ2) is 6.93. The molecule has 0 aliphatic carbocycles. The number of thiazole rings is 1. The van der Waals surface area contributed by atoms with Gasteiger partial charge in [-0.2, -0.15) is 0 Å². The molecule has 4 aromatic rings. The third-order valence-electron chi connectivity index (χ3n) is 3.82. The molecule has 8 heteroatoms. The van der Waals surface area contributed by atoms with E-state index in [4.69, 9.17) is 0 Å². The molecule has 130 valence electrons. The summed E-state index contributed by atoms with van der Waals surface area (Å²) >= 11 is 1.55. The highest BCUT2D eigenvalue weighted by Gasteiger charge is 2.15. The van der Waals surface area contributed by atoms with Crippen LogP contribution in [0.5, 0.6) is 0 Å². The second-order valence-electron chi connectivity index (χ2n) is 5.57. The van der Waals surface area contributed by atoms with Crippen molar-refractivity contribution in [1.29, 1.82) is 0 Å². The molecule has 4 rings (SSSR count). The van der Waals surface area contributed by atoms with Gasteiger partial charge in [-0.1, -0.05) is 6.07 Å². The van der Waals surface area contributed by atoms with Gasteiger partial charge in [0, 0.05) is 41.6 Å². The number of nitrogens with one attached hydrogen (secondary N) is 3. The summed E-state index contributed by atoms with van der Waals surface area (Å²) < 4.78 is 0.